The van der Waals surface area contributed by atoms with E-state index in [1.807, 2.05) is 37.3 Å². The van der Waals surface area contributed by atoms with Crippen LogP contribution in [0.25, 0.3) is 0 Å². The average molecular weight is 419 g/mol. The molecule has 0 amide bonds. The van der Waals surface area contributed by atoms with Gasteiger partial charge in [0.15, 0.2) is 0 Å². The summed E-state index contributed by atoms with van der Waals surface area (Å²) in [7, 11) is 0. The maximum absolute atomic E-state index is 6.52. The van der Waals surface area contributed by atoms with Crippen LogP contribution in [-0.2, 0) is 6.42 Å². The average Bonchev–Trinajstić information content (AvgIpc) is 2.41. The first kappa shape index (κ1) is 15.9. The van der Waals surface area contributed by atoms with E-state index >= 15 is 0 Å². The predicted octanol–water partition coefficient (Wildman–Crippen LogP) is 6.13. The molecular formula is C16H15Br2ClO. The normalized spacial score (nSPS) is 12.2. The Morgan fingerprint density at radius 3 is 2.60 bits per heavy atom. The fourth-order valence-electron chi connectivity index (χ4n) is 1.97. The third-order valence-electron chi connectivity index (χ3n) is 2.92. The molecule has 0 aliphatic rings. The van der Waals surface area contributed by atoms with Gasteiger partial charge in [0.05, 0.1) is 16.5 Å². The van der Waals surface area contributed by atoms with Gasteiger partial charge >= 0.3 is 0 Å². The Hall–Kier alpha value is -0.510. The van der Waals surface area contributed by atoms with Crippen molar-refractivity contribution in [2.75, 3.05) is 6.61 Å². The molecule has 0 aliphatic heterocycles. The highest BCUT2D eigenvalue weighted by Gasteiger charge is 2.11. The molecule has 0 spiro atoms. The first-order valence-electron chi connectivity index (χ1n) is 6.41. The standard InChI is InChI=1S/C16H15Br2ClO/c1-2-20-16-7-6-12(10-14(16)18)15(19)9-11-4-3-5-13(17)8-11/h3-8,10,15H,2,9H2,1H3. The lowest BCUT2D eigenvalue weighted by Gasteiger charge is -2.13. The second-order valence-corrected chi connectivity index (χ2v) is 6.72. The van der Waals surface area contributed by atoms with Crippen molar-refractivity contribution >= 4 is 43.5 Å². The smallest absolute Gasteiger partial charge is 0.133 e. The van der Waals surface area contributed by atoms with Gasteiger partial charge in [-0.3, -0.25) is 0 Å². The van der Waals surface area contributed by atoms with Crippen molar-refractivity contribution in [1.29, 1.82) is 0 Å². The largest absolute Gasteiger partial charge is 0.493 e. The summed E-state index contributed by atoms with van der Waals surface area (Å²) >= 11 is 13.5. The second-order valence-electron chi connectivity index (χ2n) is 4.42. The summed E-state index contributed by atoms with van der Waals surface area (Å²) in [5.41, 5.74) is 2.30. The molecule has 2 aromatic rings. The van der Waals surface area contributed by atoms with Crippen LogP contribution in [0.15, 0.2) is 51.4 Å². The van der Waals surface area contributed by atoms with Crippen molar-refractivity contribution in [3.05, 3.63) is 62.5 Å². The number of alkyl halides is 1. The minimum atomic E-state index is -0.0590. The predicted molar refractivity (Wildman–Crippen MR) is 91.8 cm³/mol. The topological polar surface area (TPSA) is 9.23 Å². The first-order valence-corrected chi connectivity index (χ1v) is 8.43. The molecule has 1 unspecified atom stereocenters. The van der Waals surface area contributed by atoms with E-state index < -0.39 is 0 Å². The molecule has 1 nitrogen and oxygen atoms in total. The highest BCUT2D eigenvalue weighted by atomic mass is 79.9. The van der Waals surface area contributed by atoms with Crippen molar-refractivity contribution in [3.63, 3.8) is 0 Å². The van der Waals surface area contributed by atoms with Crippen LogP contribution in [-0.4, -0.2) is 6.61 Å². The summed E-state index contributed by atoms with van der Waals surface area (Å²) in [6.07, 6.45) is 0.793. The van der Waals surface area contributed by atoms with E-state index in [1.165, 1.54) is 5.56 Å². The van der Waals surface area contributed by atoms with Crippen LogP contribution < -0.4 is 4.74 Å². The Morgan fingerprint density at radius 1 is 1.15 bits per heavy atom. The van der Waals surface area contributed by atoms with Gasteiger partial charge in [0.2, 0.25) is 0 Å². The van der Waals surface area contributed by atoms with Crippen molar-refractivity contribution in [2.45, 2.75) is 18.7 Å². The molecule has 0 saturated heterocycles. The van der Waals surface area contributed by atoms with Gasteiger partial charge in [0.1, 0.15) is 5.75 Å². The van der Waals surface area contributed by atoms with Crippen LogP contribution >= 0.6 is 43.5 Å². The summed E-state index contributed by atoms with van der Waals surface area (Å²) in [6, 6.07) is 14.2. The number of benzene rings is 2. The van der Waals surface area contributed by atoms with Crippen LogP contribution in [0.3, 0.4) is 0 Å². The van der Waals surface area contributed by atoms with Crippen LogP contribution in [0.2, 0.25) is 0 Å². The van der Waals surface area contributed by atoms with Gasteiger partial charge in [0.25, 0.3) is 0 Å². The SMILES string of the molecule is CCOc1ccc(C(Cl)Cc2cccc(Br)c2)cc1Br. The monoisotopic (exact) mass is 416 g/mol. The molecule has 0 N–H and O–H groups in total. The molecule has 0 fully saturated rings. The summed E-state index contributed by atoms with van der Waals surface area (Å²) in [6.45, 7) is 2.62. The Bertz CT molecular complexity index is 586. The van der Waals surface area contributed by atoms with E-state index in [9.17, 15) is 0 Å². The van der Waals surface area contributed by atoms with E-state index in [0.717, 1.165) is 26.7 Å². The molecule has 0 heterocycles. The number of halogens is 3. The zero-order valence-corrected chi connectivity index (χ0v) is 15.0. The number of ether oxygens (including phenoxy) is 1. The van der Waals surface area contributed by atoms with Crippen molar-refractivity contribution in [2.24, 2.45) is 0 Å². The number of hydrogen-bond acceptors (Lipinski definition) is 1. The van der Waals surface area contributed by atoms with Crippen molar-refractivity contribution < 1.29 is 4.74 Å². The van der Waals surface area contributed by atoms with Crippen molar-refractivity contribution in [3.8, 4) is 5.75 Å². The molecule has 0 bridgehead atoms. The zero-order chi connectivity index (χ0) is 14.5. The Kier molecular flexibility index (Phi) is 5.94. The maximum atomic E-state index is 6.52. The molecule has 106 valence electrons. The Labute approximate surface area is 141 Å². The summed E-state index contributed by atoms with van der Waals surface area (Å²) in [5.74, 6) is 0.850. The van der Waals surface area contributed by atoms with Gasteiger partial charge in [-0.05, 0) is 64.7 Å². The summed E-state index contributed by atoms with van der Waals surface area (Å²) < 4.78 is 7.53. The second kappa shape index (κ2) is 7.48. The van der Waals surface area contributed by atoms with E-state index in [1.54, 1.807) is 0 Å². The third kappa shape index (κ3) is 4.24. The number of hydrogen-bond donors (Lipinski definition) is 0. The minimum Gasteiger partial charge on any atom is -0.493 e. The van der Waals surface area contributed by atoms with E-state index in [0.29, 0.717) is 6.61 Å². The fraction of sp³-hybridized carbons (Fsp3) is 0.250. The summed E-state index contributed by atoms with van der Waals surface area (Å²) in [4.78, 5) is 0. The van der Waals surface area contributed by atoms with E-state index in [2.05, 4.69) is 44.0 Å². The summed E-state index contributed by atoms with van der Waals surface area (Å²) in [5, 5.41) is -0.0590. The van der Waals surface area contributed by atoms with Crippen molar-refractivity contribution in [1.82, 2.24) is 0 Å². The lowest BCUT2D eigenvalue weighted by atomic mass is 10.0. The van der Waals surface area contributed by atoms with E-state index in [-0.39, 0.29) is 5.38 Å². The molecule has 1 atom stereocenters. The highest BCUT2D eigenvalue weighted by Crippen LogP contribution is 2.32. The van der Waals surface area contributed by atoms with Crippen LogP contribution in [0.4, 0.5) is 0 Å². The van der Waals surface area contributed by atoms with Gasteiger partial charge < -0.3 is 4.74 Å². The molecule has 0 aliphatic carbocycles. The number of rotatable bonds is 5. The van der Waals surface area contributed by atoms with Gasteiger partial charge in [-0.1, -0.05) is 34.1 Å². The first-order chi connectivity index (χ1) is 9.60. The fourth-order valence-corrected chi connectivity index (χ4v) is 3.24. The molecule has 2 aromatic carbocycles. The molecule has 2 rings (SSSR count). The molecule has 4 heteroatoms. The van der Waals surface area contributed by atoms with Gasteiger partial charge in [0, 0.05) is 4.47 Å². The highest BCUT2D eigenvalue weighted by molar-refractivity contribution is 9.10. The van der Waals surface area contributed by atoms with Crippen LogP contribution in [0, 0.1) is 0 Å². The van der Waals surface area contributed by atoms with Gasteiger partial charge in [-0.2, -0.15) is 0 Å². The lowest BCUT2D eigenvalue weighted by Crippen LogP contribution is -1.98. The lowest BCUT2D eigenvalue weighted by molar-refractivity contribution is 0.338. The molecule has 20 heavy (non-hydrogen) atoms. The molecule has 0 aromatic heterocycles. The Morgan fingerprint density at radius 2 is 1.95 bits per heavy atom. The Balaban J connectivity index is 2.13. The van der Waals surface area contributed by atoms with Crippen LogP contribution in [0.1, 0.15) is 23.4 Å². The molecular weight excluding hydrogens is 403 g/mol. The maximum Gasteiger partial charge on any atom is 0.133 e. The minimum absolute atomic E-state index is 0.0590. The zero-order valence-electron chi connectivity index (χ0n) is 11.1. The van der Waals surface area contributed by atoms with Gasteiger partial charge in [-0.25, -0.2) is 0 Å². The molecule has 0 radical (unpaired) electrons. The quantitative estimate of drug-likeness (QED) is 0.531. The van der Waals surface area contributed by atoms with Gasteiger partial charge in [-0.15, -0.1) is 11.6 Å². The third-order valence-corrected chi connectivity index (χ3v) is 4.44. The molecule has 0 saturated carbocycles. The van der Waals surface area contributed by atoms with Crippen LogP contribution in [0.5, 0.6) is 5.75 Å². The van der Waals surface area contributed by atoms with E-state index in [4.69, 9.17) is 16.3 Å².